The zero-order valence-electron chi connectivity index (χ0n) is 10.4. The van der Waals surface area contributed by atoms with Crippen LogP contribution in [0.25, 0.3) is 0 Å². The van der Waals surface area contributed by atoms with Gasteiger partial charge in [-0.25, -0.2) is 8.42 Å². The summed E-state index contributed by atoms with van der Waals surface area (Å²) >= 11 is 0. The Balaban J connectivity index is 1.86. The minimum absolute atomic E-state index is 0.186. The Labute approximate surface area is 108 Å². The number of aryl methyl sites for hydroxylation is 2. The molecule has 2 aliphatic rings. The van der Waals surface area contributed by atoms with Crippen molar-refractivity contribution in [1.29, 1.82) is 0 Å². The average molecular weight is 266 g/mol. The van der Waals surface area contributed by atoms with Gasteiger partial charge in [0, 0.05) is 5.92 Å². The van der Waals surface area contributed by atoms with Crippen molar-refractivity contribution < 1.29 is 13.2 Å². The van der Waals surface area contributed by atoms with Crippen molar-refractivity contribution in [2.75, 3.05) is 19.0 Å². The highest BCUT2D eigenvalue weighted by Gasteiger charge is 2.27. The van der Waals surface area contributed by atoms with Crippen molar-refractivity contribution in [1.82, 2.24) is 0 Å². The maximum atomic E-state index is 12.3. The lowest BCUT2D eigenvalue weighted by atomic mass is 9.92. The number of rotatable bonds is 3. The number of fused-ring (bicyclic) bond motifs is 1. The quantitative estimate of drug-likeness (QED) is 0.840. The minimum Gasteiger partial charge on any atom is -0.381 e. The van der Waals surface area contributed by atoms with E-state index in [1.54, 1.807) is 6.07 Å². The fourth-order valence-corrected chi connectivity index (χ4v) is 4.29. The van der Waals surface area contributed by atoms with E-state index in [1.165, 1.54) is 24.0 Å². The van der Waals surface area contributed by atoms with Crippen LogP contribution in [-0.4, -0.2) is 27.4 Å². The van der Waals surface area contributed by atoms with Crippen molar-refractivity contribution in [3.05, 3.63) is 29.3 Å². The Bertz CT molecular complexity index is 544. The molecule has 4 heteroatoms. The molecule has 0 saturated carbocycles. The fourth-order valence-electron chi connectivity index (χ4n) is 2.69. The topological polar surface area (TPSA) is 43.4 Å². The van der Waals surface area contributed by atoms with E-state index in [2.05, 4.69) is 0 Å². The maximum Gasteiger partial charge on any atom is 0.178 e. The lowest BCUT2D eigenvalue weighted by Crippen LogP contribution is -2.33. The third-order valence-electron chi connectivity index (χ3n) is 3.84. The highest BCUT2D eigenvalue weighted by atomic mass is 32.2. The minimum atomic E-state index is -3.13. The van der Waals surface area contributed by atoms with E-state index in [4.69, 9.17) is 4.74 Å². The Morgan fingerprint density at radius 1 is 1.11 bits per heavy atom. The molecule has 0 N–H and O–H groups in total. The van der Waals surface area contributed by atoms with Gasteiger partial charge in [-0.15, -0.1) is 0 Å². The average Bonchev–Trinajstić information content (AvgIpc) is 2.33. The van der Waals surface area contributed by atoms with Gasteiger partial charge in [-0.2, -0.15) is 0 Å². The number of hydrogen-bond acceptors (Lipinski definition) is 3. The summed E-state index contributed by atoms with van der Waals surface area (Å²) in [7, 11) is -3.13. The first-order valence-electron chi connectivity index (χ1n) is 6.57. The molecule has 3 rings (SSSR count). The summed E-state index contributed by atoms with van der Waals surface area (Å²) < 4.78 is 29.6. The molecule has 3 nitrogen and oxygen atoms in total. The van der Waals surface area contributed by atoms with Crippen molar-refractivity contribution in [3.63, 3.8) is 0 Å². The summed E-state index contributed by atoms with van der Waals surface area (Å²) in [5.41, 5.74) is 2.55. The van der Waals surface area contributed by atoms with Gasteiger partial charge in [0.2, 0.25) is 0 Å². The molecule has 18 heavy (non-hydrogen) atoms. The predicted octanol–water partition coefficient (Wildman–Crippen LogP) is 1.99. The molecule has 1 aliphatic carbocycles. The van der Waals surface area contributed by atoms with Gasteiger partial charge in [-0.05, 0) is 48.9 Å². The summed E-state index contributed by atoms with van der Waals surface area (Å²) in [6.45, 7) is 1.17. The van der Waals surface area contributed by atoms with Crippen LogP contribution < -0.4 is 0 Å². The Morgan fingerprint density at radius 2 is 1.83 bits per heavy atom. The zero-order chi connectivity index (χ0) is 12.6. The van der Waals surface area contributed by atoms with Gasteiger partial charge >= 0.3 is 0 Å². The van der Waals surface area contributed by atoms with E-state index in [0.29, 0.717) is 18.1 Å². The second-order valence-electron chi connectivity index (χ2n) is 5.32. The molecule has 1 aromatic rings. The molecule has 1 heterocycles. The van der Waals surface area contributed by atoms with Crippen LogP contribution in [0.3, 0.4) is 0 Å². The largest absolute Gasteiger partial charge is 0.381 e. The summed E-state index contributed by atoms with van der Waals surface area (Å²) in [5.74, 6) is 0.414. The highest BCUT2D eigenvalue weighted by Crippen LogP contribution is 2.26. The smallest absolute Gasteiger partial charge is 0.178 e. The third-order valence-corrected chi connectivity index (χ3v) is 5.72. The molecular weight excluding hydrogens is 248 g/mol. The molecule has 0 amide bonds. The summed E-state index contributed by atoms with van der Waals surface area (Å²) in [6.07, 6.45) is 4.50. The molecular formula is C14H18O3S. The summed E-state index contributed by atoms with van der Waals surface area (Å²) in [6, 6.07) is 5.67. The summed E-state index contributed by atoms with van der Waals surface area (Å²) in [4.78, 5) is 0.495. The Kier molecular flexibility index (Phi) is 3.16. The fraction of sp³-hybridized carbons (Fsp3) is 0.571. The van der Waals surface area contributed by atoms with Crippen LogP contribution in [-0.2, 0) is 27.4 Å². The third kappa shape index (κ3) is 2.31. The molecule has 0 spiro atoms. The molecule has 0 unspecified atom stereocenters. The van der Waals surface area contributed by atoms with Crippen LogP contribution in [0.5, 0.6) is 0 Å². The van der Waals surface area contributed by atoms with Crippen molar-refractivity contribution in [2.45, 2.75) is 30.6 Å². The zero-order valence-corrected chi connectivity index (χ0v) is 11.2. The van der Waals surface area contributed by atoms with Gasteiger partial charge in [0.25, 0.3) is 0 Å². The highest BCUT2D eigenvalue weighted by molar-refractivity contribution is 7.91. The first kappa shape index (κ1) is 12.2. The first-order chi connectivity index (χ1) is 8.65. The van der Waals surface area contributed by atoms with Crippen LogP contribution in [0.2, 0.25) is 0 Å². The van der Waals surface area contributed by atoms with E-state index in [0.717, 1.165) is 12.8 Å². The second kappa shape index (κ2) is 4.67. The molecule has 0 aromatic heterocycles. The van der Waals surface area contributed by atoms with Crippen LogP contribution in [0.1, 0.15) is 24.0 Å². The molecule has 0 radical (unpaired) electrons. The van der Waals surface area contributed by atoms with Gasteiger partial charge in [0.15, 0.2) is 9.84 Å². The van der Waals surface area contributed by atoms with Crippen LogP contribution in [0.15, 0.2) is 23.1 Å². The van der Waals surface area contributed by atoms with Gasteiger partial charge in [0.1, 0.15) is 0 Å². The Morgan fingerprint density at radius 3 is 2.50 bits per heavy atom. The normalized spacial score (nSPS) is 20.2. The van der Waals surface area contributed by atoms with E-state index in [-0.39, 0.29) is 11.7 Å². The number of sulfone groups is 1. The molecule has 0 atom stereocenters. The van der Waals surface area contributed by atoms with E-state index in [1.807, 2.05) is 12.1 Å². The number of benzene rings is 1. The van der Waals surface area contributed by atoms with Gasteiger partial charge < -0.3 is 4.74 Å². The molecule has 0 bridgehead atoms. The van der Waals surface area contributed by atoms with E-state index in [9.17, 15) is 8.42 Å². The van der Waals surface area contributed by atoms with Crippen LogP contribution in [0.4, 0.5) is 0 Å². The number of ether oxygens (including phenoxy) is 1. The second-order valence-corrected chi connectivity index (χ2v) is 7.36. The van der Waals surface area contributed by atoms with Crippen LogP contribution >= 0.6 is 0 Å². The SMILES string of the molecule is O=S(=O)(CC1COC1)c1ccc2c(c1)CCCC2. The van der Waals surface area contributed by atoms with E-state index < -0.39 is 9.84 Å². The molecule has 1 aromatic carbocycles. The summed E-state index contributed by atoms with van der Waals surface area (Å²) in [5, 5.41) is 0. The lowest BCUT2D eigenvalue weighted by molar-refractivity contribution is -0.0204. The monoisotopic (exact) mass is 266 g/mol. The van der Waals surface area contributed by atoms with Gasteiger partial charge in [0.05, 0.1) is 23.9 Å². The van der Waals surface area contributed by atoms with E-state index >= 15 is 0 Å². The first-order valence-corrected chi connectivity index (χ1v) is 8.23. The van der Waals surface area contributed by atoms with Crippen molar-refractivity contribution in [3.8, 4) is 0 Å². The lowest BCUT2D eigenvalue weighted by Gasteiger charge is -2.25. The predicted molar refractivity (Wildman–Crippen MR) is 69.4 cm³/mol. The van der Waals surface area contributed by atoms with Crippen molar-refractivity contribution in [2.24, 2.45) is 5.92 Å². The maximum absolute atomic E-state index is 12.3. The molecule has 1 saturated heterocycles. The van der Waals surface area contributed by atoms with Crippen molar-refractivity contribution >= 4 is 9.84 Å². The number of hydrogen-bond donors (Lipinski definition) is 0. The standard InChI is InChI=1S/C14H18O3S/c15-18(16,10-11-8-17-9-11)14-6-5-12-3-1-2-4-13(12)7-14/h5-7,11H,1-4,8-10H2. The van der Waals surface area contributed by atoms with Gasteiger partial charge in [-0.3, -0.25) is 0 Å². The Hall–Kier alpha value is -0.870. The molecule has 1 aliphatic heterocycles. The molecule has 98 valence electrons. The van der Waals surface area contributed by atoms with Crippen LogP contribution in [0, 0.1) is 5.92 Å². The molecule has 1 fully saturated rings. The van der Waals surface area contributed by atoms with Gasteiger partial charge in [-0.1, -0.05) is 6.07 Å².